The summed E-state index contributed by atoms with van der Waals surface area (Å²) in [5, 5.41) is 29.1. The molecule has 0 rings (SSSR count). The average molecular weight is 788 g/mol. The fourth-order valence-corrected chi connectivity index (χ4v) is 5.80. The molecule has 0 aromatic heterocycles. The number of ether oxygens (including phenoxy) is 2. The molecule has 0 radical (unpaired) electrons. The highest BCUT2D eigenvalue weighted by Crippen LogP contribution is 2.43. The van der Waals surface area contributed by atoms with Gasteiger partial charge in [-0.3, -0.25) is 23.4 Å². The van der Waals surface area contributed by atoms with E-state index in [0.717, 1.165) is 38.5 Å². The quantitative estimate of drug-likeness (QED) is 0.0135. The molecule has 5 atom stereocenters. The smallest absolute Gasteiger partial charge is 0.472 e. The Labute approximate surface area is 323 Å². The minimum absolute atomic E-state index is 0.0383. The van der Waals surface area contributed by atoms with Gasteiger partial charge in [-0.25, -0.2) is 4.57 Å². The van der Waals surface area contributed by atoms with E-state index in [-0.39, 0.29) is 19.3 Å². The van der Waals surface area contributed by atoms with E-state index in [1.165, 1.54) is 51.4 Å². The number of allylic oxidation sites excluding steroid dienone is 5. The van der Waals surface area contributed by atoms with Crippen molar-refractivity contribution < 1.29 is 57.7 Å². The summed E-state index contributed by atoms with van der Waals surface area (Å²) in [6.07, 6.45) is 29.6. The van der Waals surface area contributed by atoms with Gasteiger partial charge in [-0.15, -0.1) is 0 Å². The summed E-state index contributed by atoms with van der Waals surface area (Å²) in [6, 6.07) is -1.56. The molecule has 0 amide bonds. The first-order valence-electron chi connectivity index (χ1n) is 19.9. The molecule has 1 unspecified atom stereocenters. The number of hydrogen-bond acceptors (Lipinski definition) is 11. The van der Waals surface area contributed by atoms with Gasteiger partial charge < -0.3 is 35.4 Å². The van der Waals surface area contributed by atoms with Crippen LogP contribution < -0.4 is 5.73 Å². The van der Waals surface area contributed by atoms with Gasteiger partial charge in [-0.2, -0.15) is 0 Å². The van der Waals surface area contributed by atoms with Gasteiger partial charge in [-0.1, -0.05) is 140 Å². The molecule has 312 valence electrons. The summed E-state index contributed by atoms with van der Waals surface area (Å²) in [5.74, 6) is -2.65. The van der Waals surface area contributed by atoms with Crippen molar-refractivity contribution in [2.75, 3.05) is 19.8 Å². The highest BCUT2D eigenvalue weighted by molar-refractivity contribution is 7.47. The molecule has 0 saturated carbocycles. The molecular weight excluding hydrogens is 717 g/mol. The summed E-state index contributed by atoms with van der Waals surface area (Å²) in [7, 11) is -4.77. The lowest BCUT2D eigenvalue weighted by Gasteiger charge is -2.20. The second kappa shape index (κ2) is 34.8. The van der Waals surface area contributed by atoms with Crippen molar-refractivity contribution in [3.05, 3.63) is 48.6 Å². The number of rotatable bonds is 36. The predicted molar refractivity (Wildman–Crippen MR) is 210 cm³/mol. The van der Waals surface area contributed by atoms with Gasteiger partial charge in [0.1, 0.15) is 12.6 Å². The number of nitrogens with two attached hydrogens (primary N) is 1. The number of esters is 2. The SMILES string of the molecule is CCCCC/C=C\C[C@@H](O)/C=C/C=C/C=C\[C@@H](O)CCCC(=O)OC[C@H](COP(=O)(O)OC[C@H](N)C(=O)O)OC(=O)CCCCCCCCCCCCC. The molecule has 0 saturated heterocycles. The van der Waals surface area contributed by atoms with E-state index in [9.17, 15) is 34.1 Å². The number of carboxylic acid groups (broad SMARTS) is 1. The lowest BCUT2D eigenvalue weighted by atomic mass is 10.1. The Morgan fingerprint density at radius 2 is 1.20 bits per heavy atom. The number of carbonyl (C=O) groups excluding carboxylic acids is 2. The van der Waals surface area contributed by atoms with Gasteiger partial charge in [0.05, 0.1) is 25.4 Å². The number of carbonyl (C=O) groups is 3. The second-order valence-corrected chi connectivity index (χ2v) is 14.9. The molecule has 0 fully saturated rings. The molecule has 0 aliphatic heterocycles. The molecule has 0 heterocycles. The van der Waals surface area contributed by atoms with Crippen molar-refractivity contribution in [2.24, 2.45) is 5.73 Å². The van der Waals surface area contributed by atoms with Crippen LogP contribution in [0.15, 0.2) is 48.6 Å². The molecule has 0 aliphatic carbocycles. The van der Waals surface area contributed by atoms with Gasteiger partial charge in [0.25, 0.3) is 0 Å². The Bertz CT molecular complexity index is 1140. The van der Waals surface area contributed by atoms with E-state index < -0.39 is 69.9 Å². The minimum atomic E-state index is -4.77. The van der Waals surface area contributed by atoms with E-state index in [0.29, 0.717) is 19.3 Å². The highest BCUT2D eigenvalue weighted by Gasteiger charge is 2.28. The third-order valence-electron chi connectivity index (χ3n) is 8.27. The standard InChI is InChI=1S/C40H70NO12P/c1-3-5-7-9-11-12-13-14-15-17-23-29-39(45)53-36(32-51-54(48,49)52-33-37(41)40(46)47)31-50-38(44)30-24-28-35(43)27-22-19-18-21-26-34(42)25-20-16-10-8-6-4-2/h16,18-22,26-27,34-37,42-43H,3-15,17,23-25,28-33,41H2,1-2H3,(H,46,47)(H,48,49)/b19-18+,20-16-,26-21+,27-22-/t34-,35-,36-,37+/m1/s1. The summed E-state index contributed by atoms with van der Waals surface area (Å²) < 4.78 is 32.4. The van der Waals surface area contributed by atoms with Crippen LogP contribution in [-0.2, 0) is 37.5 Å². The van der Waals surface area contributed by atoms with Crippen molar-refractivity contribution in [2.45, 2.75) is 167 Å². The molecule has 0 aromatic carbocycles. The van der Waals surface area contributed by atoms with Crippen molar-refractivity contribution in [3.8, 4) is 0 Å². The van der Waals surface area contributed by atoms with Crippen LogP contribution in [0.25, 0.3) is 0 Å². The predicted octanol–water partition coefficient (Wildman–Crippen LogP) is 7.78. The Hall–Kier alpha value is -2.64. The topological polar surface area (TPSA) is 212 Å². The maximum atomic E-state index is 12.6. The zero-order valence-corrected chi connectivity index (χ0v) is 33.7. The Morgan fingerprint density at radius 3 is 1.81 bits per heavy atom. The molecule has 6 N–H and O–H groups in total. The van der Waals surface area contributed by atoms with Crippen LogP contribution >= 0.6 is 7.82 Å². The zero-order valence-electron chi connectivity index (χ0n) is 32.8. The lowest BCUT2D eigenvalue weighted by Crippen LogP contribution is -2.34. The minimum Gasteiger partial charge on any atom is -0.480 e. The van der Waals surface area contributed by atoms with Crippen molar-refractivity contribution in [3.63, 3.8) is 0 Å². The number of aliphatic hydroxyl groups excluding tert-OH is 2. The third kappa shape index (κ3) is 33.9. The number of aliphatic carboxylic acids is 1. The fraction of sp³-hybridized carbons (Fsp3) is 0.725. The number of hydrogen-bond donors (Lipinski definition) is 5. The molecule has 0 aliphatic rings. The maximum absolute atomic E-state index is 12.6. The van der Waals surface area contributed by atoms with E-state index in [1.54, 1.807) is 36.5 Å². The molecule has 0 spiro atoms. The molecule has 14 heteroatoms. The summed E-state index contributed by atoms with van der Waals surface area (Å²) >= 11 is 0. The van der Waals surface area contributed by atoms with Crippen molar-refractivity contribution in [1.29, 1.82) is 0 Å². The fourth-order valence-electron chi connectivity index (χ4n) is 5.02. The van der Waals surface area contributed by atoms with Crippen LogP contribution in [0, 0.1) is 0 Å². The van der Waals surface area contributed by atoms with E-state index >= 15 is 0 Å². The zero-order chi connectivity index (χ0) is 40.3. The van der Waals surface area contributed by atoms with Gasteiger partial charge >= 0.3 is 25.7 Å². The number of phosphoric acid groups is 1. The lowest BCUT2D eigenvalue weighted by molar-refractivity contribution is -0.161. The third-order valence-corrected chi connectivity index (χ3v) is 9.22. The Kier molecular flexibility index (Phi) is 33.1. The first-order valence-corrected chi connectivity index (χ1v) is 21.4. The van der Waals surface area contributed by atoms with Crippen molar-refractivity contribution in [1.82, 2.24) is 0 Å². The summed E-state index contributed by atoms with van der Waals surface area (Å²) in [4.78, 5) is 45.8. The monoisotopic (exact) mass is 787 g/mol. The number of unbranched alkanes of at least 4 members (excludes halogenated alkanes) is 13. The summed E-state index contributed by atoms with van der Waals surface area (Å²) in [5.41, 5.74) is 5.30. The largest absolute Gasteiger partial charge is 0.480 e. The van der Waals surface area contributed by atoms with Crippen LogP contribution in [0.4, 0.5) is 0 Å². The van der Waals surface area contributed by atoms with Crippen LogP contribution in [0.1, 0.15) is 142 Å². The average Bonchev–Trinajstić information content (AvgIpc) is 3.13. The van der Waals surface area contributed by atoms with Crippen LogP contribution in [0.3, 0.4) is 0 Å². The van der Waals surface area contributed by atoms with Gasteiger partial charge in [0.2, 0.25) is 0 Å². The molecular formula is C40H70NO12P. The number of aliphatic hydroxyl groups is 2. The molecule has 13 nitrogen and oxygen atoms in total. The molecule has 54 heavy (non-hydrogen) atoms. The first kappa shape index (κ1) is 51.4. The van der Waals surface area contributed by atoms with Crippen LogP contribution in [0.2, 0.25) is 0 Å². The molecule has 0 bridgehead atoms. The van der Waals surface area contributed by atoms with Gasteiger partial charge in [0, 0.05) is 12.8 Å². The first-order chi connectivity index (χ1) is 25.9. The Morgan fingerprint density at radius 1 is 0.667 bits per heavy atom. The Balaban J connectivity index is 4.68. The number of carboxylic acids is 1. The van der Waals surface area contributed by atoms with Gasteiger partial charge in [-0.05, 0) is 38.5 Å². The van der Waals surface area contributed by atoms with Crippen LogP contribution in [0.5, 0.6) is 0 Å². The maximum Gasteiger partial charge on any atom is 0.472 e. The second-order valence-electron chi connectivity index (χ2n) is 13.5. The van der Waals surface area contributed by atoms with E-state index in [2.05, 4.69) is 24.4 Å². The molecule has 0 aromatic rings. The van der Waals surface area contributed by atoms with E-state index in [1.807, 2.05) is 6.08 Å². The van der Waals surface area contributed by atoms with Crippen molar-refractivity contribution >= 4 is 25.7 Å². The van der Waals surface area contributed by atoms with Gasteiger partial charge in [0.15, 0.2) is 6.10 Å². The van der Waals surface area contributed by atoms with E-state index in [4.69, 9.17) is 24.8 Å². The van der Waals surface area contributed by atoms with Crippen LogP contribution in [-0.4, -0.2) is 82.3 Å². The summed E-state index contributed by atoms with van der Waals surface area (Å²) in [6.45, 7) is 2.45. The number of phosphoric ester groups is 1. The normalized spacial score (nSPS) is 15.5. The highest BCUT2D eigenvalue weighted by atomic mass is 31.2.